The van der Waals surface area contributed by atoms with Crippen molar-refractivity contribution in [1.82, 2.24) is 4.90 Å². The van der Waals surface area contributed by atoms with Crippen LogP contribution in [0.15, 0.2) is 24.3 Å². The van der Waals surface area contributed by atoms with Crippen molar-refractivity contribution >= 4 is 5.97 Å². The molecule has 2 rings (SSSR count). The van der Waals surface area contributed by atoms with Crippen LogP contribution in [-0.2, 0) is 17.8 Å². The van der Waals surface area contributed by atoms with Gasteiger partial charge in [-0.3, -0.25) is 9.69 Å². The molecule has 18 heavy (non-hydrogen) atoms. The number of aliphatic carboxylic acids is 1. The lowest BCUT2D eigenvalue weighted by Gasteiger charge is -2.37. The third-order valence-electron chi connectivity index (χ3n) is 3.22. The molecule has 0 aliphatic carbocycles. The Labute approximate surface area is 107 Å². The SMILES string of the molecule is CC(C)(O)CN1Cc2ccccc2C[C@H]1C(=O)O. The van der Waals surface area contributed by atoms with Crippen LogP contribution in [0.1, 0.15) is 25.0 Å². The first-order valence-electron chi connectivity index (χ1n) is 6.13. The first-order chi connectivity index (χ1) is 8.37. The number of rotatable bonds is 3. The highest BCUT2D eigenvalue weighted by atomic mass is 16.4. The summed E-state index contributed by atoms with van der Waals surface area (Å²) < 4.78 is 0. The van der Waals surface area contributed by atoms with Gasteiger partial charge in [0.15, 0.2) is 0 Å². The molecule has 0 saturated carbocycles. The van der Waals surface area contributed by atoms with E-state index in [0.717, 1.165) is 11.1 Å². The van der Waals surface area contributed by atoms with Gasteiger partial charge in [0.1, 0.15) is 6.04 Å². The highest BCUT2D eigenvalue weighted by molar-refractivity contribution is 5.74. The first-order valence-corrected chi connectivity index (χ1v) is 6.13. The summed E-state index contributed by atoms with van der Waals surface area (Å²) in [7, 11) is 0. The molecule has 1 aromatic rings. The standard InChI is InChI=1S/C14H19NO3/c1-14(2,18)9-15-8-11-6-4-3-5-10(11)7-12(15)13(16)17/h3-6,12,18H,7-9H2,1-2H3,(H,16,17)/t12-/m0/s1. The lowest BCUT2D eigenvalue weighted by molar-refractivity contribution is -0.145. The number of β-amino-alcohol motifs (C(OH)–C–C–N with tert-alkyl or cyclic N) is 1. The monoisotopic (exact) mass is 249 g/mol. The second-order valence-electron chi connectivity index (χ2n) is 5.54. The van der Waals surface area contributed by atoms with E-state index in [-0.39, 0.29) is 0 Å². The molecule has 1 atom stereocenters. The average molecular weight is 249 g/mol. The minimum absolute atomic E-state index is 0.359. The van der Waals surface area contributed by atoms with Gasteiger partial charge < -0.3 is 10.2 Å². The van der Waals surface area contributed by atoms with E-state index in [9.17, 15) is 15.0 Å². The summed E-state index contributed by atoms with van der Waals surface area (Å²) in [5.41, 5.74) is 1.36. The Morgan fingerprint density at radius 1 is 1.39 bits per heavy atom. The van der Waals surface area contributed by atoms with Crippen molar-refractivity contribution in [2.75, 3.05) is 6.54 Å². The van der Waals surface area contributed by atoms with Crippen molar-refractivity contribution in [1.29, 1.82) is 0 Å². The highest BCUT2D eigenvalue weighted by Gasteiger charge is 2.33. The number of hydrogen-bond donors (Lipinski definition) is 2. The summed E-state index contributed by atoms with van der Waals surface area (Å²) in [5, 5.41) is 19.2. The predicted molar refractivity (Wildman–Crippen MR) is 68.3 cm³/mol. The number of fused-ring (bicyclic) bond motifs is 1. The normalized spacial score (nSPS) is 20.5. The zero-order valence-corrected chi connectivity index (χ0v) is 10.8. The predicted octanol–water partition coefficient (Wildman–Crippen LogP) is 1.27. The summed E-state index contributed by atoms with van der Waals surface area (Å²) in [6.45, 7) is 4.34. The van der Waals surface area contributed by atoms with Crippen LogP contribution in [-0.4, -0.2) is 39.3 Å². The Morgan fingerprint density at radius 3 is 2.56 bits per heavy atom. The maximum Gasteiger partial charge on any atom is 0.321 e. The van der Waals surface area contributed by atoms with E-state index >= 15 is 0 Å². The van der Waals surface area contributed by atoms with Gasteiger partial charge in [0, 0.05) is 13.1 Å². The van der Waals surface area contributed by atoms with Gasteiger partial charge in [0.25, 0.3) is 0 Å². The molecule has 0 amide bonds. The molecular weight excluding hydrogens is 230 g/mol. The van der Waals surface area contributed by atoms with Crippen molar-refractivity contribution in [3.63, 3.8) is 0 Å². The molecule has 0 aromatic heterocycles. The summed E-state index contributed by atoms with van der Waals surface area (Å²) >= 11 is 0. The van der Waals surface area contributed by atoms with Crippen LogP contribution in [0.3, 0.4) is 0 Å². The van der Waals surface area contributed by atoms with E-state index in [1.54, 1.807) is 13.8 Å². The van der Waals surface area contributed by atoms with Gasteiger partial charge in [0.05, 0.1) is 5.60 Å². The van der Waals surface area contributed by atoms with Gasteiger partial charge in [-0.25, -0.2) is 0 Å². The minimum Gasteiger partial charge on any atom is -0.480 e. The molecule has 0 bridgehead atoms. The van der Waals surface area contributed by atoms with Gasteiger partial charge >= 0.3 is 5.97 Å². The number of hydrogen-bond acceptors (Lipinski definition) is 3. The van der Waals surface area contributed by atoms with Gasteiger partial charge in [-0.1, -0.05) is 24.3 Å². The zero-order chi connectivity index (χ0) is 13.3. The van der Waals surface area contributed by atoms with Crippen molar-refractivity contribution < 1.29 is 15.0 Å². The summed E-state index contributed by atoms with van der Waals surface area (Å²) in [5.74, 6) is -0.825. The topological polar surface area (TPSA) is 60.8 Å². The summed E-state index contributed by atoms with van der Waals surface area (Å²) in [4.78, 5) is 13.2. The molecule has 0 unspecified atom stereocenters. The molecule has 0 saturated heterocycles. The Morgan fingerprint density at radius 2 is 2.00 bits per heavy atom. The Hall–Kier alpha value is -1.39. The van der Waals surface area contributed by atoms with Crippen LogP contribution in [0.5, 0.6) is 0 Å². The summed E-state index contributed by atoms with van der Waals surface area (Å²) in [6.07, 6.45) is 0.502. The minimum atomic E-state index is -0.889. The second-order valence-corrected chi connectivity index (χ2v) is 5.54. The van der Waals surface area contributed by atoms with Crippen LogP contribution in [0.4, 0.5) is 0 Å². The van der Waals surface area contributed by atoms with E-state index in [4.69, 9.17) is 0 Å². The summed E-state index contributed by atoms with van der Waals surface area (Å²) in [6, 6.07) is 7.34. The second kappa shape index (κ2) is 4.71. The van der Waals surface area contributed by atoms with Crippen molar-refractivity contribution in [3.05, 3.63) is 35.4 Å². The largest absolute Gasteiger partial charge is 0.480 e. The van der Waals surface area contributed by atoms with Crippen molar-refractivity contribution in [2.45, 2.75) is 38.5 Å². The van der Waals surface area contributed by atoms with E-state index in [2.05, 4.69) is 0 Å². The fraction of sp³-hybridized carbons (Fsp3) is 0.500. The van der Waals surface area contributed by atoms with Crippen LogP contribution >= 0.6 is 0 Å². The molecular formula is C14H19NO3. The van der Waals surface area contributed by atoms with E-state index in [1.807, 2.05) is 29.2 Å². The first kappa shape index (κ1) is 13.1. The lowest BCUT2D eigenvalue weighted by atomic mass is 9.93. The third kappa shape index (κ3) is 2.89. The molecule has 4 heteroatoms. The number of carbonyl (C=O) groups is 1. The van der Waals surface area contributed by atoms with E-state index < -0.39 is 17.6 Å². The van der Waals surface area contributed by atoms with Crippen LogP contribution < -0.4 is 0 Å². The number of aliphatic hydroxyl groups is 1. The van der Waals surface area contributed by atoms with Crippen LogP contribution in [0, 0.1) is 0 Å². The Balaban J connectivity index is 2.26. The lowest BCUT2D eigenvalue weighted by Crippen LogP contribution is -2.50. The molecule has 0 spiro atoms. The average Bonchev–Trinajstić information content (AvgIpc) is 2.25. The molecule has 1 aromatic carbocycles. The molecule has 98 valence electrons. The maximum atomic E-state index is 11.3. The number of nitrogens with zero attached hydrogens (tertiary/aromatic N) is 1. The van der Waals surface area contributed by atoms with E-state index in [1.165, 1.54) is 0 Å². The number of carboxylic acid groups (broad SMARTS) is 1. The molecule has 2 N–H and O–H groups in total. The Bertz CT molecular complexity index is 451. The number of carboxylic acids is 1. The van der Waals surface area contributed by atoms with Crippen LogP contribution in [0.25, 0.3) is 0 Å². The molecule has 4 nitrogen and oxygen atoms in total. The Kier molecular flexibility index (Phi) is 3.41. The fourth-order valence-corrected chi connectivity index (χ4v) is 2.48. The van der Waals surface area contributed by atoms with Crippen molar-refractivity contribution in [3.8, 4) is 0 Å². The third-order valence-corrected chi connectivity index (χ3v) is 3.22. The maximum absolute atomic E-state index is 11.3. The molecule has 1 heterocycles. The fourth-order valence-electron chi connectivity index (χ4n) is 2.48. The van der Waals surface area contributed by atoms with Gasteiger partial charge in [-0.05, 0) is 31.4 Å². The quantitative estimate of drug-likeness (QED) is 0.847. The highest BCUT2D eigenvalue weighted by Crippen LogP contribution is 2.24. The van der Waals surface area contributed by atoms with Crippen LogP contribution in [0.2, 0.25) is 0 Å². The van der Waals surface area contributed by atoms with Gasteiger partial charge in [-0.15, -0.1) is 0 Å². The molecule has 1 aliphatic rings. The number of benzene rings is 1. The van der Waals surface area contributed by atoms with E-state index in [0.29, 0.717) is 19.5 Å². The molecule has 0 fully saturated rings. The van der Waals surface area contributed by atoms with Gasteiger partial charge in [0.2, 0.25) is 0 Å². The smallest absolute Gasteiger partial charge is 0.321 e. The van der Waals surface area contributed by atoms with Gasteiger partial charge in [-0.2, -0.15) is 0 Å². The molecule has 0 radical (unpaired) electrons. The zero-order valence-electron chi connectivity index (χ0n) is 10.8. The molecule has 1 aliphatic heterocycles. The van der Waals surface area contributed by atoms with Crippen molar-refractivity contribution in [2.24, 2.45) is 0 Å².